The smallest absolute Gasteiger partial charge is 0.336 e. The van der Waals surface area contributed by atoms with Crippen molar-refractivity contribution in [3.8, 4) is 0 Å². The summed E-state index contributed by atoms with van der Waals surface area (Å²) in [6, 6.07) is 8.65. The van der Waals surface area contributed by atoms with Gasteiger partial charge in [-0.3, -0.25) is 9.69 Å². The highest BCUT2D eigenvalue weighted by Gasteiger charge is 2.59. The summed E-state index contributed by atoms with van der Waals surface area (Å²) in [5.41, 5.74) is 13.0. The fraction of sp³-hybridized carbons (Fsp3) is 0.529. The second-order valence-corrected chi connectivity index (χ2v) is 7.13. The van der Waals surface area contributed by atoms with Gasteiger partial charge in [0.2, 0.25) is 5.91 Å². The molecule has 1 saturated heterocycles. The minimum absolute atomic E-state index is 0.0112. The van der Waals surface area contributed by atoms with Gasteiger partial charge in [0.05, 0.1) is 6.04 Å². The fourth-order valence-electron chi connectivity index (χ4n) is 3.25. The summed E-state index contributed by atoms with van der Waals surface area (Å²) >= 11 is 0. The van der Waals surface area contributed by atoms with Crippen molar-refractivity contribution in [3.63, 3.8) is 0 Å². The number of esters is 1. The van der Waals surface area contributed by atoms with Gasteiger partial charge in [0.15, 0.2) is 5.54 Å². The van der Waals surface area contributed by atoms with Crippen LogP contribution in [0.15, 0.2) is 35.4 Å². The number of nitrogens with two attached hydrogens (primary N) is 1. The van der Waals surface area contributed by atoms with Gasteiger partial charge < -0.3 is 10.5 Å². The van der Waals surface area contributed by atoms with Crippen LogP contribution < -0.4 is 5.73 Å². The largest absolute Gasteiger partial charge is 0.459 e. The van der Waals surface area contributed by atoms with Crippen molar-refractivity contribution in [1.29, 1.82) is 0 Å². The van der Waals surface area contributed by atoms with Crippen molar-refractivity contribution >= 4 is 11.9 Å². The fourth-order valence-corrected chi connectivity index (χ4v) is 3.25. The Hall–Kier alpha value is -2.57. The van der Waals surface area contributed by atoms with E-state index in [9.17, 15) is 9.59 Å². The number of azide groups is 1. The SMILES string of the molecule is CC(C)(C)N1C[C@H](N=[N+]=[N-])C[C@]1(C(N)=O)C(=O)OCc1ccccc1. The lowest BCUT2D eigenvalue weighted by atomic mass is 9.90. The zero-order valence-corrected chi connectivity index (χ0v) is 14.7. The van der Waals surface area contributed by atoms with Crippen LogP contribution in [0.2, 0.25) is 0 Å². The molecule has 1 aromatic rings. The van der Waals surface area contributed by atoms with E-state index in [0.717, 1.165) is 5.56 Å². The molecule has 2 N–H and O–H groups in total. The number of primary amides is 1. The first kappa shape index (κ1) is 18.8. The molecule has 0 spiro atoms. The first-order valence-electron chi connectivity index (χ1n) is 8.05. The number of hydrogen-bond donors (Lipinski definition) is 1. The molecule has 0 aliphatic carbocycles. The Morgan fingerprint density at radius 1 is 1.40 bits per heavy atom. The standard InChI is InChI=1S/C17H23N5O3/c1-16(2,3)22-10-13(20-21-19)9-17(22,14(18)23)15(24)25-11-12-7-5-4-6-8-12/h4-8,13H,9-11H2,1-3H3,(H2,18,23)/t13-,17+/m1/s1. The van der Waals surface area contributed by atoms with E-state index in [1.165, 1.54) is 0 Å². The first-order valence-corrected chi connectivity index (χ1v) is 8.05. The van der Waals surface area contributed by atoms with E-state index in [0.29, 0.717) is 0 Å². The van der Waals surface area contributed by atoms with Crippen molar-refractivity contribution in [2.75, 3.05) is 6.54 Å². The summed E-state index contributed by atoms with van der Waals surface area (Å²) in [6.45, 7) is 5.91. The molecule has 2 rings (SSSR count). The number of carbonyl (C=O) groups excluding carboxylic acids is 2. The molecule has 8 nitrogen and oxygen atoms in total. The Balaban J connectivity index is 2.32. The zero-order valence-electron chi connectivity index (χ0n) is 14.7. The topological polar surface area (TPSA) is 121 Å². The van der Waals surface area contributed by atoms with Crippen LogP contribution in [0.1, 0.15) is 32.8 Å². The molecule has 0 bridgehead atoms. The number of amides is 1. The third kappa shape index (κ3) is 3.75. The monoisotopic (exact) mass is 345 g/mol. The number of hydrogen-bond acceptors (Lipinski definition) is 5. The highest BCUT2D eigenvalue weighted by molar-refractivity contribution is 6.07. The van der Waals surface area contributed by atoms with Crippen LogP contribution >= 0.6 is 0 Å². The molecule has 1 aliphatic heterocycles. The summed E-state index contributed by atoms with van der Waals surface area (Å²) in [6.07, 6.45) is 0.0112. The maximum Gasteiger partial charge on any atom is 0.336 e. The van der Waals surface area contributed by atoms with E-state index in [1.54, 1.807) is 4.90 Å². The summed E-state index contributed by atoms with van der Waals surface area (Å²) in [5, 5.41) is 3.69. The van der Waals surface area contributed by atoms with E-state index in [-0.39, 0.29) is 19.6 Å². The maximum atomic E-state index is 12.9. The minimum atomic E-state index is -1.65. The van der Waals surface area contributed by atoms with Gasteiger partial charge in [-0.25, -0.2) is 4.79 Å². The quantitative estimate of drug-likeness (QED) is 0.289. The molecule has 0 saturated carbocycles. The maximum absolute atomic E-state index is 12.9. The van der Waals surface area contributed by atoms with Crippen molar-refractivity contribution in [2.24, 2.45) is 10.8 Å². The zero-order chi connectivity index (χ0) is 18.7. The Morgan fingerprint density at radius 2 is 2.04 bits per heavy atom. The number of benzene rings is 1. The van der Waals surface area contributed by atoms with E-state index in [2.05, 4.69) is 10.0 Å². The number of likely N-dealkylation sites (tertiary alicyclic amines) is 1. The van der Waals surface area contributed by atoms with E-state index in [1.807, 2.05) is 51.1 Å². The number of ether oxygens (including phenoxy) is 1. The molecule has 1 aromatic carbocycles. The number of carbonyl (C=O) groups is 2. The van der Waals surface area contributed by atoms with E-state index in [4.69, 9.17) is 16.0 Å². The molecule has 25 heavy (non-hydrogen) atoms. The van der Waals surface area contributed by atoms with Gasteiger partial charge >= 0.3 is 5.97 Å². The Kier molecular flexibility index (Phi) is 5.35. The predicted octanol–water partition coefficient (Wildman–Crippen LogP) is 2.14. The van der Waals surface area contributed by atoms with Gasteiger partial charge in [-0.15, -0.1) is 0 Å². The van der Waals surface area contributed by atoms with Crippen molar-refractivity contribution < 1.29 is 14.3 Å². The molecule has 134 valence electrons. The second-order valence-electron chi connectivity index (χ2n) is 7.13. The number of nitrogens with zero attached hydrogens (tertiary/aromatic N) is 4. The highest BCUT2D eigenvalue weighted by Crippen LogP contribution is 2.38. The molecule has 1 heterocycles. The van der Waals surface area contributed by atoms with Crippen LogP contribution in [0.25, 0.3) is 10.4 Å². The molecule has 1 amide bonds. The molecule has 2 atom stereocenters. The van der Waals surface area contributed by atoms with Gasteiger partial charge in [-0.2, -0.15) is 0 Å². The highest BCUT2D eigenvalue weighted by atomic mass is 16.5. The van der Waals surface area contributed by atoms with Gasteiger partial charge in [0, 0.05) is 17.0 Å². The Bertz CT molecular complexity index is 694. The molecule has 0 radical (unpaired) electrons. The van der Waals surface area contributed by atoms with Gasteiger partial charge in [-0.05, 0) is 38.3 Å². The van der Waals surface area contributed by atoms with Crippen LogP contribution in [0.5, 0.6) is 0 Å². The molecule has 0 aromatic heterocycles. The lowest BCUT2D eigenvalue weighted by Gasteiger charge is -2.42. The van der Waals surface area contributed by atoms with E-state index >= 15 is 0 Å². The first-order chi connectivity index (χ1) is 11.7. The average Bonchev–Trinajstić information content (AvgIpc) is 2.95. The van der Waals surface area contributed by atoms with Crippen LogP contribution in [-0.4, -0.2) is 40.4 Å². The van der Waals surface area contributed by atoms with Crippen LogP contribution in [-0.2, 0) is 20.9 Å². The lowest BCUT2D eigenvalue weighted by Crippen LogP contribution is -2.64. The molecule has 0 unspecified atom stereocenters. The summed E-state index contributed by atoms with van der Waals surface area (Å²) in [5.74, 6) is -1.51. The molecule has 1 fully saturated rings. The van der Waals surface area contributed by atoms with Gasteiger partial charge in [0.1, 0.15) is 6.61 Å². The summed E-state index contributed by atoms with van der Waals surface area (Å²) < 4.78 is 5.41. The van der Waals surface area contributed by atoms with Crippen LogP contribution in [0.4, 0.5) is 0 Å². The van der Waals surface area contributed by atoms with Gasteiger partial charge in [-0.1, -0.05) is 35.4 Å². The van der Waals surface area contributed by atoms with Gasteiger partial charge in [0.25, 0.3) is 0 Å². The summed E-state index contributed by atoms with van der Waals surface area (Å²) in [4.78, 5) is 29.7. The molecule has 8 heteroatoms. The van der Waals surface area contributed by atoms with Crippen LogP contribution in [0.3, 0.4) is 0 Å². The third-order valence-corrected chi connectivity index (χ3v) is 4.37. The molecular formula is C17H23N5O3. The normalized spacial score (nSPS) is 23.7. The average molecular weight is 345 g/mol. The Labute approximate surface area is 146 Å². The molecule has 1 aliphatic rings. The number of rotatable bonds is 5. The van der Waals surface area contributed by atoms with Crippen molar-refractivity contribution in [3.05, 3.63) is 46.3 Å². The Morgan fingerprint density at radius 3 is 2.56 bits per heavy atom. The van der Waals surface area contributed by atoms with Crippen molar-refractivity contribution in [1.82, 2.24) is 4.90 Å². The van der Waals surface area contributed by atoms with Crippen LogP contribution in [0, 0.1) is 0 Å². The van der Waals surface area contributed by atoms with E-state index < -0.39 is 29.0 Å². The third-order valence-electron chi connectivity index (χ3n) is 4.37. The minimum Gasteiger partial charge on any atom is -0.459 e. The predicted molar refractivity (Wildman–Crippen MR) is 92.2 cm³/mol. The van der Waals surface area contributed by atoms with Crippen molar-refractivity contribution in [2.45, 2.75) is 50.9 Å². The lowest BCUT2D eigenvalue weighted by molar-refractivity contribution is -0.165. The summed E-state index contributed by atoms with van der Waals surface area (Å²) in [7, 11) is 0. The molecular weight excluding hydrogens is 322 g/mol. The second kappa shape index (κ2) is 7.13.